The summed E-state index contributed by atoms with van der Waals surface area (Å²) in [5.74, 6) is 0.276. The zero-order chi connectivity index (χ0) is 21.6. The monoisotopic (exact) mass is 470 g/mol. The molecule has 0 spiro atoms. The lowest BCUT2D eigenvalue weighted by molar-refractivity contribution is 0.262. The lowest BCUT2D eigenvalue weighted by Crippen LogP contribution is -2.19. The fraction of sp³-hybridized carbons (Fsp3) is 0.0455. The molecule has 0 saturated carbocycles. The van der Waals surface area contributed by atoms with Crippen molar-refractivity contribution < 1.29 is 9.18 Å². The molecule has 9 heteroatoms. The summed E-state index contributed by atoms with van der Waals surface area (Å²) in [6.45, 7) is 0. The van der Waals surface area contributed by atoms with Crippen molar-refractivity contribution in [2.75, 3.05) is 10.6 Å². The number of carbonyl (C=O) groups is 1. The van der Waals surface area contributed by atoms with E-state index in [1.807, 2.05) is 30.3 Å². The molecule has 156 valence electrons. The molecule has 1 heterocycles. The van der Waals surface area contributed by atoms with Gasteiger partial charge in [-0.2, -0.15) is 0 Å². The van der Waals surface area contributed by atoms with E-state index >= 15 is 0 Å². The van der Waals surface area contributed by atoms with Crippen molar-refractivity contribution in [3.63, 3.8) is 0 Å². The van der Waals surface area contributed by atoms with Gasteiger partial charge in [0.2, 0.25) is 5.13 Å². The van der Waals surface area contributed by atoms with Gasteiger partial charge in [-0.3, -0.25) is 5.32 Å². The number of anilines is 2. The van der Waals surface area contributed by atoms with Gasteiger partial charge < -0.3 is 5.32 Å². The summed E-state index contributed by atoms with van der Waals surface area (Å²) in [5.41, 5.74) is 2.13. The summed E-state index contributed by atoms with van der Waals surface area (Å²) < 4.78 is 13.9. The van der Waals surface area contributed by atoms with Crippen LogP contribution in [-0.2, 0) is 5.75 Å². The quantitative estimate of drug-likeness (QED) is 0.300. The molecule has 4 rings (SSSR count). The molecule has 2 N–H and O–H groups in total. The summed E-state index contributed by atoms with van der Waals surface area (Å²) >= 11 is 8.64. The molecule has 5 nitrogen and oxygen atoms in total. The highest BCUT2D eigenvalue weighted by molar-refractivity contribution is 7.98. The molecule has 0 aliphatic rings. The maximum Gasteiger partial charge on any atom is 0.325 e. The minimum Gasteiger partial charge on any atom is -0.308 e. The van der Waals surface area contributed by atoms with Gasteiger partial charge in [-0.05, 0) is 42.0 Å². The van der Waals surface area contributed by atoms with Gasteiger partial charge in [-0.15, -0.1) is 22.0 Å². The number of nitrogens with zero attached hydrogens (tertiary/aromatic N) is 2. The Hall–Kier alpha value is -2.94. The second-order valence-electron chi connectivity index (χ2n) is 6.37. The highest BCUT2D eigenvalue weighted by Crippen LogP contribution is 2.36. The largest absolute Gasteiger partial charge is 0.325 e. The van der Waals surface area contributed by atoms with Crippen molar-refractivity contribution in [3.05, 3.63) is 89.2 Å². The first-order valence-electron chi connectivity index (χ1n) is 9.21. The van der Waals surface area contributed by atoms with E-state index in [0.29, 0.717) is 32.2 Å². The fourth-order valence-corrected chi connectivity index (χ4v) is 4.72. The van der Waals surface area contributed by atoms with Crippen LogP contribution < -0.4 is 10.6 Å². The van der Waals surface area contributed by atoms with Crippen molar-refractivity contribution >= 4 is 51.5 Å². The van der Waals surface area contributed by atoms with E-state index in [4.69, 9.17) is 11.6 Å². The average Bonchev–Trinajstić information content (AvgIpc) is 3.23. The van der Waals surface area contributed by atoms with Gasteiger partial charge in [-0.25, -0.2) is 9.18 Å². The van der Waals surface area contributed by atoms with Gasteiger partial charge >= 0.3 is 6.03 Å². The minimum absolute atomic E-state index is 0.221. The van der Waals surface area contributed by atoms with Crippen LogP contribution >= 0.6 is 34.7 Å². The Morgan fingerprint density at radius 3 is 2.52 bits per heavy atom. The number of hydrogen-bond donors (Lipinski definition) is 2. The second kappa shape index (κ2) is 9.91. The molecule has 0 radical (unpaired) electrons. The maximum atomic E-state index is 13.9. The SMILES string of the molecule is O=C(Nc1ccc(Cl)cc1)Nc1nnc(-c2ccccc2SCc2ccccc2F)s1. The normalized spacial score (nSPS) is 10.6. The Kier molecular flexibility index (Phi) is 6.81. The first kappa shape index (κ1) is 21.3. The number of benzene rings is 3. The van der Waals surface area contributed by atoms with Crippen LogP contribution in [0.2, 0.25) is 5.02 Å². The molecule has 0 aliphatic carbocycles. The van der Waals surface area contributed by atoms with E-state index in [0.717, 1.165) is 10.5 Å². The molecule has 3 aromatic carbocycles. The summed E-state index contributed by atoms with van der Waals surface area (Å²) in [7, 11) is 0. The van der Waals surface area contributed by atoms with Crippen molar-refractivity contribution in [1.29, 1.82) is 0 Å². The van der Waals surface area contributed by atoms with Crippen LogP contribution in [-0.4, -0.2) is 16.2 Å². The van der Waals surface area contributed by atoms with Crippen LogP contribution in [0.3, 0.4) is 0 Å². The van der Waals surface area contributed by atoms with Gasteiger partial charge in [-0.1, -0.05) is 59.3 Å². The summed E-state index contributed by atoms with van der Waals surface area (Å²) in [6.07, 6.45) is 0. The number of nitrogens with one attached hydrogen (secondary N) is 2. The molecule has 1 aromatic heterocycles. The van der Waals surface area contributed by atoms with Crippen molar-refractivity contribution in [3.8, 4) is 10.6 Å². The van der Waals surface area contributed by atoms with E-state index in [1.54, 1.807) is 36.4 Å². The topological polar surface area (TPSA) is 66.9 Å². The molecule has 0 unspecified atom stereocenters. The van der Waals surface area contributed by atoms with E-state index in [9.17, 15) is 9.18 Å². The van der Waals surface area contributed by atoms with Gasteiger partial charge in [0.05, 0.1) is 0 Å². The van der Waals surface area contributed by atoms with Crippen LogP contribution in [0.15, 0.2) is 77.7 Å². The van der Waals surface area contributed by atoms with E-state index < -0.39 is 6.03 Å². The first-order valence-corrected chi connectivity index (χ1v) is 11.4. The Bertz CT molecular complexity index is 1200. The Balaban J connectivity index is 1.44. The predicted octanol–water partition coefficient (Wildman–Crippen LogP) is 6.93. The summed E-state index contributed by atoms with van der Waals surface area (Å²) in [4.78, 5) is 13.2. The zero-order valence-electron chi connectivity index (χ0n) is 16.0. The van der Waals surface area contributed by atoms with Crippen LogP contribution in [0.1, 0.15) is 5.56 Å². The van der Waals surface area contributed by atoms with Crippen molar-refractivity contribution in [2.45, 2.75) is 10.6 Å². The highest BCUT2D eigenvalue weighted by atomic mass is 35.5. The number of urea groups is 1. The van der Waals surface area contributed by atoms with E-state index in [1.165, 1.54) is 29.2 Å². The summed E-state index contributed by atoms with van der Waals surface area (Å²) in [5, 5.41) is 15.3. The first-order chi connectivity index (χ1) is 15.1. The number of hydrogen-bond acceptors (Lipinski definition) is 5. The van der Waals surface area contributed by atoms with Crippen LogP contribution in [0.5, 0.6) is 0 Å². The third-order valence-corrected chi connectivity index (χ3v) is 6.45. The van der Waals surface area contributed by atoms with E-state index in [2.05, 4.69) is 20.8 Å². The summed E-state index contributed by atoms with van der Waals surface area (Å²) in [6, 6.07) is 20.8. The number of carbonyl (C=O) groups excluding carboxylic acids is 1. The van der Waals surface area contributed by atoms with Gasteiger partial charge in [0, 0.05) is 26.9 Å². The fourth-order valence-electron chi connectivity index (χ4n) is 2.72. The second-order valence-corrected chi connectivity index (χ2v) is 8.81. The molecule has 0 saturated heterocycles. The molecule has 0 aliphatic heterocycles. The molecule has 0 bridgehead atoms. The van der Waals surface area contributed by atoms with Gasteiger partial charge in [0.15, 0.2) is 5.01 Å². The Labute approximate surface area is 191 Å². The molecular weight excluding hydrogens is 455 g/mol. The minimum atomic E-state index is -0.424. The van der Waals surface area contributed by atoms with Crippen LogP contribution in [0.25, 0.3) is 10.6 Å². The molecule has 31 heavy (non-hydrogen) atoms. The van der Waals surface area contributed by atoms with Crippen molar-refractivity contribution in [2.24, 2.45) is 0 Å². The third-order valence-electron chi connectivity index (χ3n) is 4.21. The molecular formula is C22H16ClFN4OS2. The standard InChI is InChI=1S/C22H16ClFN4OS2/c23-15-9-11-16(12-10-15)25-21(29)26-22-28-27-20(31-22)17-6-2-4-8-19(17)30-13-14-5-1-3-7-18(14)24/h1-12H,13H2,(H2,25,26,28,29). The molecule has 2 amide bonds. The smallest absolute Gasteiger partial charge is 0.308 e. The van der Waals surface area contributed by atoms with Gasteiger partial charge in [0.1, 0.15) is 5.82 Å². The lowest BCUT2D eigenvalue weighted by atomic mass is 10.2. The average molecular weight is 471 g/mol. The number of halogens is 2. The van der Waals surface area contributed by atoms with Gasteiger partial charge in [0.25, 0.3) is 0 Å². The Morgan fingerprint density at radius 2 is 1.71 bits per heavy atom. The maximum absolute atomic E-state index is 13.9. The Morgan fingerprint density at radius 1 is 0.968 bits per heavy atom. The van der Waals surface area contributed by atoms with Crippen LogP contribution in [0, 0.1) is 5.82 Å². The number of thioether (sulfide) groups is 1. The number of aromatic nitrogens is 2. The molecule has 0 fully saturated rings. The molecule has 4 aromatic rings. The molecule has 0 atom stereocenters. The number of amides is 2. The highest BCUT2D eigenvalue weighted by Gasteiger charge is 2.14. The van der Waals surface area contributed by atoms with E-state index in [-0.39, 0.29) is 5.82 Å². The predicted molar refractivity (Wildman–Crippen MR) is 125 cm³/mol. The lowest BCUT2D eigenvalue weighted by Gasteiger charge is -2.07. The van der Waals surface area contributed by atoms with Crippen molar-refractivity contribution in [1.82, 2.24) is 10.2 Å². The zero-order valence-corrected chi connectivity index (χ0v) is 18.4. The third kappa shape index (κ3) is 5.61. The van der Waals surface area contributed by atoms with Crippen LogP contribution in [0.4, 0.5) is 20.0 Å². The number of rotatable bonds is 6.